The molecule has 178 valence electrons. The molecule has 0 unspecified atom stereocenters. The lowest BCUT2D eigenvalue weighted by Gasteiger charge is -2.28. The number of anilines is 1. The van der Waals surface area contributed by atoms with Crippen LogP contribution in [-0.4, -0.2) is 75.9 Å². The van der Waals surface area contributed by atoms with Gasteiger partial charge in [0.15, 0.2) is 0 Å². The van der Waals surface area contributed by atoms with E-state index in [1.807, 2.05) is 53.4 Å². The topological polar surface area (TPSA) is 66.1 Å². The average molecular weight is 453 g/mol. The Balaban J connectivity index is 1.60. The molecule has 0 aromatic heterocycles. The molecule has 3 rings (SSSR count). The maximum Gasteiger partial charge on any atom is 0.322 e. The van der Waals surface area contributed by atoms with Crippen LogP contribution in [0, 0.1) is 0 Å². The van der Waals surface area contributed by atoms with Crippen LogP contribution >= 0.6 is 0 Å². The van der Waals surface area contributed by atoms with Crippen molar-refractivity contribution in [2.45, 2.75) is 12.8 Å². The molecule has 0 saturated carbocycles. The van der Waals surface area contributed by atoms with E-state index in [0.29, 0.717) is 13.1 Å². The molecule has 1 saturated heterocycles. The van der Waals surface area contributed by atoms with Crippen molar-refractivity contribution in [1.29, 1.82) is 0 Å². The monoisotopic (exact) mass is 452 g/mol. The second kappa shape index (κ2) is 12.9. The smallest absolute Gasteiger partial charge is 0.322 e. The summed E-state index contributed by atoms with van der Waals surface area (Å²) in [7, 11) is 3.28. The van der Waals surface area contributed by atoms with Gasteiger partial charge in [0.25, 0.3) is 0 Å². The molecule has 2 amide bonds. The highest BCUT2D eigenvalue weighted by atomic mass is 16.5. The first-order chi connectivity index (χ1) is 16.1. The van der Waals surface area contributed by atoms with Gasteiger partial charge in [0, 0.05) is 51.5 Å². The largest absolute Gasteiger partial charge is 0.497 e. The van der Waals surface area contributed by atoms with Gasteiger partial charge in [-0.05, 0) is 54.8 Å². The summed E-state index contributed by atoms with van der Waals surface area (Å²) < 4.78 is 10.4. The molecule has 1 aliphatic heterocycles. The van der Waals surface area contributed by atoms with Crippen molar-refractivity contribution in [2.24, 2.45) is 0 Å². The van der Waals surface area contributed by atoms with E-state index in [0.717, 1.165) is 73.9 Å². The number of nitrogens with one attached hydrogen (secondary N) is 2. The molecular weight excluding hydrogens is 416 g/mol. The lowest BCUT2D eigenvalue weighted by molar-refractivity contribution is 0.214. The highest BCUT2D eigenvalue weighted by Crippen LogP contribution is 2.17. The van der Waals surface area contributed by atoms with Crippen LogP contribution in [0.4, 0.5) is 10.5 Å². The standard InChI is InChI=1S/C26H36N4O3/c1-21(12-16-29-18-14-27-15-19-29)20-30(17-13-22-4-8-24(32-2)9-5-22)26(31)28-23-6-10-25(33-3)11-7-23/h4-11,27H,1,12-20H2,2-3H3,(H,28,31). The van der Waals surface area contributed by atoms with E-state index in [-0.39, 0.29) is 6.03 Å². The molecule has 0 bridgehead atoms. The van der Waals surface area contributed by atoms with Crippen LogP contribution in [0.15, 0.2) is 60.7 Å². The first-order valence-electron chi connectivity index (χ1n) is 11.5. The molecule has 2 aromatic rings. The fraction of sp³-hybridized carbons (Fsp3) is 0.423. The average Bonchev–Trinajstić information content (AvgIpc) is 2.86. The summed E-state index contributed by atoms with van der Waals surface area (Å²) in [5.41, 5.74) is 2.96. The van der Waals surface area contributed by atoms with E-state index in [1.165, 1.54) is 0 Å². The van der Waals surface area contributed by atoms with Crippen LogP contribution in [0.1, 0.15) is 12.0 Å². The van der Waals surface area contributed by atoms with Gasteiger partial charge in [0.2, 0.25) is 0 Å². The van der Waals surface area contributed by atoms with Gasteiger partial charge in [-0.2, -0.15) is 0 Å². The molecule has 0 atom stereocenters. The molecule has 7 heteroatoms. The Morgan fingerprint density at radius 2 is 1.64 bits per heavy atom. The predicted octanol–water partition coefficient (Wildman–Crippen LogP) is 3.63. The summed E-state index contributed by atoms with van der Waals surface area (Å²) >= 11 is 0. The van der Waals surface area contributed by atoms with E-state index in [9.17, 15) is 4.79 Å². The summed E-state index contributed by atoms with van der Waals surface area (Å²) in [4.78, 5) is 17.4. The maximum atomic E-state index is 13.1. The Bertz CT molecular complexity index is 877. The van der Waals surface area contributed by atoms with Crippen LogP contribution in [0.25, 0.3) is 0 Å². The quantitative estimate of drug-likeness (QED) is 0.510. The molecule has 1 fully saturated rings. The van der Waals surface area contributed by atoms with Crippen molar-refractivity contribution in [2.75, 3.05) is 65.3 Å². The van der Waals surface area contributed by atoms with Crippen molar-refractivity contribution < 1.29 is 14.3 Å². The Labute approximate surface area is 197 Å². The molecule has 1 aliphatic rings. The zero-order valence-corrected chi connectivity index (χ0v) is 19.8. The Morgan fingerprint density at radius 1 is 1.03 bits per heavy atom. The van der Waals surface area contributed by atoms with E-state index in [2.05, 4.69) is 22.1 Å². The number of benzene rings is 2. The van der Waals surface area contributed by atoms with Crippen molar-refractivity contribution in [3.63, 3.8) is 0 Å². The van der Waals surface area contributed by atoms with Gasteiger partial charge in [-0.25, -0.2) is 4.79 Å². The van der Waals surface area contributed by atoms with Gasteiger partial charge in [-0.15, -0.1) is 0 Å². The summed E-state index contributed by atoms with van der Waals surface area (Å²) in [5, 5.41) is 6.39. The molecule has 7 nitrogen and oxygen atoms in total. The van der Waals surface area contributed by atoms with Crippen LogP contribution in [0.5, 0.6) is 11.5 Å². The number of carbonyl (C=O) groups is 1. The highest BCUT2D eigenvalue weighted by molar-refractivity contribution is 5.89. The third-order valence-electron chi connectivity index (χ3n) is 5.86. The van der Waals surface area contributed by atoms with Gasteiger partial charge in [0.1, 0.15) is 11.5 Å². The number of nitrogens with zero attached hydrogens (tertiary/aromatic N) is 2. The molecule has 1 heterocycles. The maximum absolute atomic E-state index is 13.1. The van der Waals surface area contributed by atoms with Crippen LogP contribution in [0.2, 0.25) is 0 Å². The number of amides is 2. The Kier molecular flexibility index (Phi) is 9.59. The molecule has 33 heavy (non-hydrogen) atoms. The van der Waals surface area contributed by atoms with E-state index in [1.54, 1.807) is 14.2 Å². The summed E-state index contributed by atoms with van der Waals surface area (Å²) in [6.45, 7) is 10.6. The lowest BCUT2D eigenvalue weighted by atomic mass is 10.1. The Hall–Kier alpha value is -3.03. The Morgan fingerprint density at radius 3 is 2.24 bits per heavy atom. The summed E-state index contributed by atoms with van der Waals surface area (Å²) in [6.07, 6.45) is 1.64. The van der Waals surface area contributed by atoms with Crippen LogP contribution in [-0.2, 0) is 6.42 Å². The summed E-state index contributed by atoms with van der Waals surface area (Å²) in [6, 6.07) is 15.2. The van der Waals surface area contributed by atoms with Gasteiger partial charge in [-0.3, -0.25) is 0 Å². The first kappa shape index (κ1) is 24.6. The number of hydrogen-bond donors (Lipinski definition) is 2. The molecule has 2 aromatic carbocycles. The van der Waals surface area contributed by atoms with Crippen molar-refractivity contribution in [3.8, 4) is 11.5 Å². The summed E-state index contributed by atoms with van der Waals surface area (Å²) in [5.74, 6) is 1.58. The molecule has 0 aliphatic carbocycles. The first-order valence-corrected chi connectivity index (χ1v) is 11.5. The molecule has 0 spiro atoms. The van der Waals surface area contributed by atoms with Crippen LogP contribution < -0.4 is 20.1 Å². The van der Waals surface area contributed by atoms with E-state index >= 15 is 0 Å². The molecular formula is C26H36N4O3. The second-order valence-electron chi connectivity index (χ2n) is 8.27. The van der Waals surface area contributed by atoms with E-state index in [4.69, 9.17) is 9.47 Å². The number of ether oxygens (including phenoxy) is 2. The number of methoxy groups -OCH3 is 2. The zero-order chi connectivity index (χ0) is 23.5. The fourth-order valence-corrected chi connectivity index (χ4v) is 3.79. The minimum Gasteiger partial charge on any atom is -0.497 e. The minimum atomic E-state index is -0.128. The SMILES string of the molecule is C=C(CCN1CCNCC1)CN(CCc1ccc(OC)cc1)C(=O)Nc1ccc(OC)cc1. The molecule has 2 N–H and O–H groups in total. The van der Waals surface area contributed by atoms with Gasteiger partial charge >= 0.3 is 6.03 Å². The normalized spacial score (nSPS) is 13.9. The number of carbonyl (C=O) groups excluding carboxylic acids is 1. The van der Waals surface area contributed by atoms with Gasteiger partial charge < -0.3 is 29.9 Å². The fourth-order valence-electron chi connectivity index (χ4n) is 3.79. The van der Waals surface area contributed by atoms with Gasteiger partial charge in [-0.1, -0.05) is 24.3 Å². The van der Waals surface area contributed by atoms with E-state index < -0.39 is 0 Å². The lowest BCUT2D eigenvalue weighted by Crippen LogP contribution is -2.44. The number of urea groups is 1. The third kappa shape index (κ3) is 8.11. The number of hydrogen-bond acceptors (Lipinski definition) is 5. The van der Waals surface area contributed by atoms with Crippen molar-refractivity contribution in [3.05, 3.63) is 66.2 Å². The van der Waals surface area contributed by atoms with Crippen molar-refractivity contribution in [1.82, 2.24) is 15.1 Å². The van der Waals surface area contributed by atoms with Crippen molar-refractivity contribution >= 4 is 11.7 Å². The number of piperazine rings is 1. The number of rotatable bonds is 11. The van der Waals surface area contributed by atoms with Gasteiger partial charge in [0.05, 0.1) is 14.2 Å². The highest BCUT2D eigenvalue weighted by Gasteiger charge is 2.16. The predicted molar refractivity (Wildman–Crippen MR) is 133 cm³/mol. The second-order valence-corrected chi connectivity index (χ2v) is 8.27. The van der Waals surface area contributed by atoms with Crippen LogP contribution in [0.3, 0.4) is 0 Å². The third-order valence-corrected chi connectivity index (χ3v) is 5.86. The minimum absolute atomic E-state index is 0.128. The zero-order valence-electron chi connectivity index (χ0n) is 19.8. The molecule has 0 radical (unpaired) electrons.